The van der Waals surface area contributed by atoms with Crippen LogP contribution in [-0.2, 0) is 6.54 Å². The minimum atomic E-state index is -0.211. The van der Waals surface area contributed by atoms with Gasteiger partial charge < -0.3 is 15.3 Å². The van der Waals surface area contributed by atoms with Crippen LogP contribution < -0.4 is 10.2 Å². The number of aliphatic hydroxyl groups is 1. The summed E-state index contributed by atoms with van der Waals surface area (Å²) < 4.78 is 0. The number of β-amino-alcohol motifs (C(OH)–C–C–N with tert-alkyl or cyclic N) is 1. The Kier molecular flexibility index (Phi) is 5.38. The van der Waals surface area contributed by atoms with Crippen LogP contribution in [0.3, 0.4) is 0 Å². The van der Waals surface area contributed by atoms with Crippen LogP contribution in [0.2, 0.25) is 0 Å². The second kappa shape index (κ2) is 7.47. The molecule has 0 aliphatic carbocycles. The maximum atomic E-state index is 9.88. The average molecular weight is 307 g/mol. The smallest absolute Gasteiger partial charge is 0.133 e. The van der Waals surface area contributed by atoms with Crippen molar-refractivity contribution in [2.75, 3.05) is 29.5 Å². The molecule has 2 N–H and O–H groups in total. The standard InChI is InChI=1S/C16H25N3OS/c20-15-4-2-8-19(12-15)16-13(3-1-7-17-16)11-18-14-5-9-21-10-6-14/h1,3,7,14-15,18,20H,2,4-6,8-12H2/t15-/m0/s1. The molecule has 1 aromatic heterocycles. The summed E-state index contributed by atoms with van der Waals surface area (Å²) in [5.41, 5.74) is 1.25. The molecule has 0 radical (unpaired) electrons. The molecule has 2 fully saturated rings. The van der Waals surface area contributed by atoms with Crippen LogP contribution in [0.1, 0.15) is 31.2 Å². The van der Waals surface area contributed by atoms with E-state index in [1.165, 1.54) is 29.9 Å². The first kappa shape index (κ1) is 15.1. The second-order valence-corrected chi connectivity index (χ2v) is 7.22. The van der Waals surface area contributed by atoms with Gasteiger partial charge in [-0.05, 0) is 43.3 Å². The highest BCUT2D eigenvalue weighted by Crippen LogP contribution is 2.23. The maximum Gasteiger partial charge on any atom is 0.133 e. The predicted molar refractivity (Wildman–Crippen MR) is 88.9 cm³/mol. The van der Waals surface area contributed by atoms with E-state index in [0.29, 0.717) is 12.6 Å². The van der Waals surface area contributed by atoms with E-state index in [9.17, 15) is 5.11 Å². The van der Waals surface area contributed by atoms with Gasteiger partial charge in [0, 0.05) is 37.4 Å². The van der Waals surface area contributed by atoms with Gasteiger partial charge in [-0.15, -0.1) is 0 Å². The Morgan fingerprint density at radius 3 is 3.00 bits per heavy atom. The molecule has 116 valence electrons. The number of piperidine rings is 1. The molecule has 5 heteroatoms. The van der Waals surface area contributed by atoms with E-state index in [1.54, 1.807) is 0 Å². The Hall–Kier alpha value is -0.780. The van der Waals surface area contributed by atoms with Gasteiger partial charge in [0.1, 0.15) is 5.82 Å². The molecular formula is C16H25N3OS. The summed E-state index contributed by atoms with van der Waals surface area (Å²) in [6.45, 7) is 2.59. The first-order valence-electron chi connectivity index (χ1n) is 8.01. The monoisotopic (exact) mass is 307 g/mol. The normalized spacial score (nSPS) is 24.2. The van der Waals surface area contributed by atoms with Crippen LogP contribution in [0.4, 0.5) is 5.82 Å². The van der Waals surface area contributed by atoms with Crippen molar-refractivity contribution in [3.8, 4) is 0 Å². The molecule has 2 saturated heterocycles. The summed E-state index contributed by atoms with van der Waals surface area (Å²) in [5.74, 6) is 3.60. The third-order valence-electron chi connectivity index (χ3n) is 4.37. The average Bonchev–Trinajstić information content (AvgIpc) is 2.54. The van der Waals surface area contributed by atoms with Crippen LogP contribution in [0.25, 0.3) is 0 Å². The van der Waals surface area contributed by atoms with Gasteiger partial charge in [0.05, 0.1) is 6.10 Å². The number of thioether (sulfide) groups is 1. The molecule has 1 atom stereocenters. The Morgan fingerprint density at radius 2 is 2.19 bits per heavy atom. The molecule has 3 heterocycles. The minimum absolute atomic E-state index is 0.211. The van der Waals surface area contributed by atoms with Gasteiger partial charge in [-0.25, -0.2) is 4.98 Å². The molecule has 2 aliphatic heterocycles. The van der Waals surface area contributed by atoms with E-state index in [2.05, 4.69) is 33.0 Å². The van der Waals surface area contributed by atoms with Crippen LogP contribution in [0, 0.1) is 0 Å². The molecule has 0 bridgehead atoms. The largest absolute Gasteiger partial charge is 0.391 e. The lowest BCUT2D eigenvalue weighted by Gasteiger charge is -2.32. The van der Waals surface area contributed by atoms with Crippen molar-refractivity contribution in [2.45, 2.75) is 44.4 Å². The molecule has 0 amide bonds. The molecule has 2 aliphatic rings. The highest BCUT2D eigenvalue weighted by atomic mass is 32.2. The lowest BCUT2D eigenvalue weighted by atomic mass is 10.1. The lowest BCUT2D eigenvalue weighted by molar-refractivity contribution is 0.153. The van der Waals surface area contributed by atoms with Gasteiger partial charge in [0.2, 0.25) is 0 Å². The SMILES string of the molecule is O[C@H]1CCCN(c2ncccc2CNC2CCSCC2)C1. The number of nitrogens with zero attached hydrogens (tertiary/aromatic N) is 2. The van der Waals surface area contributed by atoms with E-state index in [0.717, 1.165) is 31.7 Å². The summed E-state index contributed by atoms with van der Waals surface area (Å²) in [6, 6.07) is 4.82. The third kappa shape index (κ3) is 4.11. The molecule has 4 nitrogen and oxygen atoms in total. The quantitative estimate of drug-likeness (QED) is 0.891. The number of pyridine rings is 1. The lowest BCUT2D eigenvalue weighted by Crippen LogP contribution is -2.40. The zero-order valence-electron chi connectivity index (χ0n) is 12.5. The zero-order chi connectivity index (χ0) is 14.5. The summed E-state index contributed by atoms with van der Waals surface area (Å²) in [4.78, 5) is 6.81. The van der Waals surface area contributed by atoms with Gasteiger partial charge >= 0.3 is 0 Å². The Bertz CT molecular complexity index is 451. The number of aliphatic hydroxyl groups excluding tert-OH is 1. The van der Waals surface area contributed by atoms with E-state index in [1.807, 2.05) is 12.3 Å². The Labute approximate surface area is 131 Å². The second-order valence-electron chi connectivity index (χ2n) is 6.00. The van der Waals surface area contributed by atoms with Crippen molar-refractivity contribution >= 4 is 17.6 Å². The van der Waals surface area contributed by atoms with E-state index >= 15 is 0 Å². The molecule has 3 rings (SSSR count). The molecular weight excluding hydrogens is 282 g/mol. The first-order valence-corrected chi connectivity index (χ1v) is 9.16. The maximum absolute atomic E-state index is 9.88. The van der Waals surface area contributed by atoms with E-state index < -0.39 is 0 Å². The molecule has 0 spiro atoms. The fourth-order valence-electron chi connectivity index (χ4n) is 3.16. The predicted octanol–water partition coefficient (Wildman–Crippen LogP) is 2.03. The van der Waals surface area contributed by atoms with Crippen molar-refractivity contribution < 1.29 is 5.11 Å². The minimum Gasteiger partial charge on any atom is -0.391 e. The van der Waals surface area contributed by atoms with Gasteiger partial charge in [0.15, 0.2) is 0 Å². The summed E-state index contributed by atoms with van der Waals surface area (Å²) >= 11 is 2.06. The summed E-state index contributed by atoms with van der Waals surface area (Å²) in [6.07, 6.45) is 6.14. The summed E-state index contributed by atoms with van der Waals surface area (Å²) in [7, 11) is 0. The van der Waals surface area contributed by atoms with Crippen LogP contribution in [0.5, 0.6) is 0 Å². The zero-order valence-corrected chi connectivity index (χ0v) is 13.3. The van der Waals surface area contributed by atoms with E-state index in [-0.39, 0.29) is 6.10 Å². The van der Waals surface area contributed by atoms with Crippen molar-refractivity contribution in [3.05, 3.63) is 23.9 Å². The number of hydrogen-bond donors (Lipinski definition) is 2. The van der Waals surface area contributed by atoms with E-state index in [4.69, 9.17) is 0 Å². The highest BCUT2D eigenvalue weighted by molar-refractivity contribution is 7.99. The number of nitrogens with one attached hydrogen (secondary N) is 1. The van der Waals surface area contributed by atoms with Crippen LogP contribution >= 0.6 is 11.8 Å². The number of hydrogen-bond acceptors (Lipinski definition) is 5. The van der Waals surface area contributed by atoms with Crippen LogP contribution in [0.15, 0.2) is 18.3 Å². The van der Waals surface area contributed by atoms with Gasteiger partial charge in [-0.1, -0.05) is 6.07 Å². The first-order chi connectivity index (χ1) is 10.3. The van der Waals surface area contributed by atoms with Crippen LogP contribution in [-0.4, -0.2) is 46.8 Å². The molecule has 1 aromatic rings. The number of anilines is 1. The highest BCUT2D eigenvalue weighted by Gasteiger charge is 2.21. The van der Waals surface area contributed by atoms with Gasteiger partial charge in [-0.2, -0.15) is 11.8 Å². The summed E-state index contributed by atoms with van der Waals surface area (Å²) in [5, 5.41) is 13.6. The topological polar surface area (TPSA) is 48.4 Å². The van der Waals surface area contributed by atoms with Crippen molar-refractivity contribution in [1.82, 2.24) is 10.3 Å². The Balaban J connectivity index is 1.64. The Morgan fingerprint density at radius 1 is 1.33 bits per heavy atom. The number of aromatic nitrogens is 1. The fourth-order valence-corrected chi connectivity index (χ4v) is 4.26. The van der Waals surface area contributed by atoms with Crippen molar-refractivity contribution in [2.24, 2.45) is 0 Å². The van der Waals surface area contributed by atoms with Crippen molar-refractivity contribution in [1.29, 1.82) is 0 Å². The van der Waals surface area contributed by atoms with Crippen molar-refractivity contribution in [3.63, 3.8) is 0 Å². The number of rotatable bonds is 4. The third-order valence-corrected chi connectivity index (χ3v) is 5.41. The molecule has 0 unspecified atom stereocenters. The fraction of sp³-hybridized carbons (Fsp3) is 0.688. The molecule has 21 heavy (non-hydrogen) atoms. The van der Waals surface area contributed by atoms with Gasteiger partial charge in [0.25, 0.3) is 0 Å². The molecule has 0 aromatic carbocycles. The molecule has 0 saturated carbocycles. The van der Waals surface area contributed by atoms with Gasteiger partial charge in [-0.3, -0.25) is 0 Å².